The average molecular weight is 379 g/mol. The van der Waals surface area contributed by atoms with Crippen LogP contribution in [0, 0.1) is 5.82 Å². The first-order valence-electron chi connectivity index (χ1n) is 6.41. The van der Waals surface area contributed by atoms with Crippen LogP contribution in [0.4, 0.5) is 4.39 Å². The highest BCUT2D eigenvalue weighted by atomic mass is 127. The summed E-state index contributed by atoms with van der Waals surface area (Å²) in [6.45, 7) is 6.41. The van der Waals surface area contributed by atoms with Gasteiger partial charge in [-0.1, -0.05) is 19.1 Å². The number of rotatable bonds is 5. The highest BCUT2D eigenvalue weighted by Crippen LogP contribution is 2.06. The van der Waals surface area contributed by atoms with Gasteiger partial charge in [0.1, 0.15) is 5.82 Å². The maximum absolute atomic E-state index is 13.1. The van der Waals surface area contributed by atoms with Gasteiger partial charge in [0.15, 0.2) is 5.96 Å². The third-order valence-electron chi connectivity index (χ3n) is 2.49. The predicted molar refractivity (Wildman–Crippen MR) is 89.6 cm³/mol. The summed E-state index contributed by atoms with van der Waals surface area (Å²) in [6, 6.07) is 6.66. The fourth-order valence-electron chi connectivity index (χ4n) is 1.67. The lowest BCUT2D eigenvalue weighted by Crippen LogP contribution is -2.38. The number of guanidine groups is 1. The molecule has 0 heterocycles. The molecule has 0 bridgehead atoms. The summed E-state index contributed by atoms with van der Waals surface area (Å²) in [6.07, 6.45) is 1.02. The normalized spacial score (nSPS) is 10.8. The van der Waals surface area contributed by atoms with Crippen molar-refractivity contribution in [2.24, 2.45) is 4.99 Å². The molecule has 0 aliphatic carbocycles. The second-order valence-electron chi connectivity index (χ2n) is 4.22. The Bertz CT molecular complexity index is 396. The zero-order valence-corrected chi connectivity index (χ0v) is 14.1. The summed E-state index contributed by atoms with van der Waals surface area (Å²) in [5.41, 5.74) is 0.944. The minimum atomic E-state index is -0.198. The van der Waals surface area contributed by atoms with Gasteiger partial charge < -0.3 is 10.2 Å². The Morgan fingerprint density at radius 2 is 2.11 bits per heavy atom. The summed E-state index contributed by atoms with van der Waals surface area (Å²) < 4.78 is 13.1. The Balaban J connectivity index is 0.00000324. The smallest absolute Gasteiger partial charge is 0.193 e. The van der Waals surface area contributed by atoms with Crippen molar-refractivity contribution in [3.8, 4) is 0 Å². The standard InChI is InChI=1S/C14H22FN3.HI/c1-4-9-17-14(16-5-2)18(3)11-12-7-6-8-13(15)10-12;/h6-8,10H,4-5,9,11H2,1-3H3,(H,16,17);1H. The molecule has 0 aromatic heterocycles. The Kier molecular flexibility index (Phi) is 9.55. The fraction of sp³-hybridized carbons (Fsp3) is 0.500. The molecule has 19 heavy (non-hydrogen) atoms. The second kappa shape index (κ2) is 10.00. The Labute approximate surface area is 132 Å². The van der Waals surface area contributed by atoms with Crippen LogP contribution in [0.2, 0.25) is 0 Å². The van der Waals surface area contributed by atoms with Crippen molar-refractivity contribution in [2.45, 2.75) is 26.8 Å². The van der Waals surface area contributed by atoms with Crippen molar-refractivity contribution in [3.05, 3.63) is 35.6 Å². The van der Waals surface area contributed by atoms with Crippen molar-refractivity contribution in [3.63, 3.8) is 0 Å². The van der Waals surface area contributed by atoms with Crippen LogP contribution in [0.25, 0.3) is 0 Å². The zero-order valence-electron chi connectivity index (χ0n) is 11.8. The fourth-order valence-corrected chi connectivity index (χ4v) is 1.67. The first-order valence-corrected chi connectivity index (χ1v) is 6.41. The molecule has 0 unspecified atom stereocenters. The summed E-state index contributed by atoms with van der Waals surface area (Å²) >= 11 is 0. The lowest BCUT2D eigenvalue weighted by atomic mass is 10.2. The van der Waals surface area contributed by atoms with Crippen LogP contribution in [-0.2, 0) is 6.54 Å². The summed E-state index contributed by atoms with van der Waals surface area (Å²) in [7, 11) is 1.96. The van der Waals surface area contributed by atoms with Crippen molar-refractivity contribution >= 4 is 29.9 Å². The van der Waals surface area contributed by atoms with E-state index in [9.17, 15) is 4.39 Å². The molecule has 0 atom stereocenters. The average Bonchev–Trinajstić information content (AvgIpc) is 2.34. The predicted octanol–water partition coefficient (Wildman–Crippen LogP) is 3.25. The highest BCUT2D eigenvalue weighted by molar-refractivity contribution is 14.0. The Hall–Kier alpha value is -0.850. The minimum absolute atomic E-state index is 0. The van der Waals surface area contributed by atoms with E-state index in [1.54, 1.807) is 12.1 Å². The molecule has 0 saturated carbocycles. The molecule has 1 aromatic carbocycles. The van der Waals surface area contributed by atoms with Gasteiger partial charge in [-0.3, -0.25) is 4.99 Å². The van der Waals surface area contributed by atoms with Crippen LogP contribution >= 0.6 is 24.0 Å². The number of hydrogen-bond acceptors (Lipinski definition) is 1. The van der Waals surface area contributed by atoms with E-state index in [4.69, 9.17) is 0 Å². The quantitative estimate of drug-likeness (QED) is 0.483. The lowest BCUT2D eigenvalue weighted by molar-refractivity contribution is 0.475. The van der Waals surface area contributed by atoms with Gasteiger partial charge in [-0.05, 0) is 31.0 Å². The van der Waals surface area contributed by atoms with E-state index in [1.165, 1.54) is 6.07 Å². The third kappa shape index (κ3) is 6.75. The molecule has 108 valence electrons. The summed E-state index contributed by atoms with van der Waals surface area (Å²) in [4.78, 5) is 6.50. The molecule has 0 saturated heterocycles. The first kappa shape index (κ1) is 18.1. The number of halogens is 2. The van der Waals surface area contributed by atoms with Crippen LogP contribution in [0.3, 0.4) is 0 Å². The van der Waals surface area contributed by atoms with Crippen molar-refractivity contribution < 1.29 is 4.39 Å². The van der Waals surface area contributed by atoms with Crippen molar-refractivity contribution in [1.82, 2.24) is 10.2 Å². The van der Waals surface area contributed by atoms with Crippen LogP contribution in [-0.4, -0.2) is 31.0 Å². The molecular formula is C14H23FIN3. The van der Waals surface area contributed by atoms with E-state index >= 15 is 0 Å². The van der Waals surface area contributed by atoms with Crippen molar-refractivity contribution in [2.75, 3.05) is 20.1 Å². The third-order valence-corrected chi connectivity index (χ3v) is 2.49. The maximum Gasteiger partial charge on any atom is 0.193 e. The maximum atomic E-state index is 13.1. The molecule has 0 fully saturated rings. The second-order valence-corrected chi connectivity index (χ2v) is 4.22. The van der Waals surface area contributed by atoms with E-state index in [0.29, 0.717) is 6.54 Å². The number of nitrogens with zero attached hydrogens (tertiary/aromatic N) is 2. The number of hydrogen-bond donors (Lipinski definition) is 1. The van der Waals surface area contributed by atoms with Gasteiger partial charge in [-0.25, -0.2) is 4.39 Å². The summed E-state index contributed by atoms with van der Waals surface area (Å²) in [5.74, 6) is 0.667. The summed E-state index contributed by atoms with van der Waals surface area (Å²) in [5, 5.41) is 3.23. The van der Waals surface area contributed by atoms with Gasteiger partial charge in [0, 0.05) is 26.7 Å². The zero-order chi connectivity index (χ0) is 13.4. The molecule has 3 nitrogen and oxygen atoms in total. The SMILES string of the molecule is CCCN=C(NCC)N(C)Cc1cccc(F)c1.I. The van der Waals surface area contributed by atoms with Crippen molar-refractivity contribution in [1.29, 1.82) is 0 Å². The molecular weight excluding hydrogens is 356 g/mol. The van der Waals surface area contributed by atoms with E-state index in [0.717, 1.165) is 31.0 Å². The Morgan fingerprint density at radius 1 is 1.37 bits per heavy atom. The molecule has 5 heteroatoms. The molecule has 0 aliphatic rings. The molecule has 0 spiro atoms. The largest absolute Gasteiger partial charge is 0.357 e. The van der Waals surface area contributed by atoms with E-state index in [-0.39, 0.29) is 29.8 Å². The number of nitrogens with one attached hydrogen (secondary N) is 1. The van der Waals surface area contributed by atoms with E-state index < -0.39 is 0 Å². The van der Waals surface area contributed by atoms with Gasteiger partial charge in [0.25, 0.3) is 0 Å². The minimum Gasteiger partial charge on any atom is -0.357 e. The van der Waals surface area contributed by atoms with Gasteiger partial charge in [0.05, 0.1) is 0 Å². The highest BCUT2D eigenvalue weighted by Gasteiger charge is 2.06. The number of aliphatic imine (C=N–C) groups is 1. The van der Waals surface area contributed by atoms with Gasteiger partial charge in [-0.15, -0.1) is 24.0 Å². The lowest BCUT2D eigenvalue weighted by Gasteiger charge is -2.22. The van der Waals surface area contributed by atoms with Gasteiger partial charge in [0.2, 0.25) is 0 Å². The van der Waals surface area contributed by atoms with Crippen LogP contribution < -0.4 is 5.32 Å². The molecule has 0 aliphatic heterocycles. The first-order chi connectivity index (χ1) is 8.67. The molecule has 1 aromatic rings. The molecule has 1 N–H and O–H groups in total. The number of benzene rings is 1. The molecule has 0 amide bonds. The van der Waals surface area contributed by atoms with Crippen LogP contribution in [0.1, 0.15) is 25.8 Å². The van der Waals surface area contributed by atoms with Gasteiger partial charge >= 0.3 is 0 Å². The molecule has 0 radical (unpaired) electrons. The molecule has 1 rings (SSSR count). The van der Waals surface area contributed by atoms with E-state index in [1.807, 2.05) is 24.9 Å². The van der Waals surface area contributed by atoms with Crippen LogP contribution in [0.15, 0.2) is 29.3 Å². The van der Waals surface area contributed by atoms with Gasteiger partial charge in [-0.2, -0.15) is 0 Å². The van der Waals surface area contributed by atoms with Crippen LogP contribution in [0.5, 0.6) is 0 Å². The monoisotopic (exact) mass is 379 g/mol. The van der Waals surface area contributed by atoms with E-state index in [2.05, 4.69) is 17.2 Å². The Morgan fingerprint density at radius 3 is 2.68 bits per heavy atom. The topological polar surface area (TPSA) is 27.6 Å².